The zero-order valence-electron chi connectivity index (χ0n) is 6.88. The number of halogens is 2. The van der Waals surface area contributed by atoms with Gasteiger partial charge in [0.05, 0.1) is 5.92 Å². The lowest BCUT2D eigenvalue weighted by Crippen LogP contribution is -2.24. The van der Waals surface area contributed by atoms with E-state index in [-0.39, 0.29) is 27.1 Å². The molecule has 0 aromatic rings. The molecule has 68 valence electrons. The average Bonchev–Trinajstić information content (AvgIpc) is 2.37. The van der Waals surface area contributed by atoms with Gasteiger partial charge in [-0.05, 0) is 5.41 Å². The first-order chi connectivity index (χ1) is 5.46. The Morgan fingerprint density at radius 3 is 2.33 bits per heavy atom. The monoisotopic (exact) mass is 296 g/mol. The van der Waals surface area contributed by atoms with Crippen molar-refractivity contribution in [3.63, 3.8) is 0 Å². The summed E-state index contributed by atoms with van der Waals surface area (Å²) in [5, 5.41) is 0. The number of rotatable bonds is 1. The van der Waals surface area contributed by atoms with Crippen LogP contribution in [0.3, 0.4) is 0 Å². The molecule has 1 aliphatic heterocycles. The summed E-state index contributed by atoms with van der Waals surface area (Å²) >= 11 is 6.77. The Hall–Kier alpha value is 0.430. The highest BCUT2D eigenvalue weighted by atomic mass is 79.9. The number of alkyl halides is 2. The maximum absolute atomic E-state index is 11.3. The lowest BCUT2D eigenvalue weighted by Gasteiger charge is -2.18. The molecule has 0 N–H and O–H groups in total. The second-order valence-electron chi connectivity index (χ2n) is 4.06. The van der Waals surface area contributed by atoms with Crippen molar-refractivity contribution in [2.45, 2.75) is 23.7 Å². The van der Waals surface area contributed by atoms with Gasteiger partial charge in [0.15, 0.2) is 0 Å². The van der Waals surface area contributed by atoms with Crippen LogP contribution in [0.5, 0.6) is 0 Å². The number of carbonyl (C=O) groups excluding carboxylic acids is 1. The number of cyclic esters (lactones) is 1. The Kier molecular flexibility index (Phi) is 1.85. The van der Waals surface area contributed by atoms with E-state index in [2.05, 4.69) is 45.7 Å². The minimum Gasteiger partial charge on any atom is -0.460 e. The summed E-state index contributed by atoms with van der Waals surface area (Å²) in [7, 11) is 0. The number of hydrogen-bond donors (Lipinski definition) is 0. The van der Waals surface area contributed by atoms with Crippen LogP contribution in [0.15, 0.2) is 0 Å². The summed E-state index contributed by atoms with van der Waals surface area (Å²) in [6.45, 7) is 4.25. The predicted octanol–water partition coefficient (Wildman–Crippen LogP) is 2.30. The van der Waals surface area contributed by atoms with Crippen molar-refractivity contribution < 1.29 is 9.53 Å². The highest BCUT2D eigenvalue weighted by Crippen LogP contribution is 2.65. The molecule has 4 heteroatoms. The normalized spacial score (nSPS) is 42.8. The third-order valence-electron chi connectivity index (χ3n) is 3.02. The Balaban J connectivity index is 2.19. The maximum Gasteiger partial charge on any atom is 0.310 e. The largest absolute Gasteiger partial charge is 0.460 e. The zero-order chi connectivity index (χ0) is 9.09. The van der Waals surface area contributed by atoms with E-state index in [1.807, 2.05) is 0 Å². The van der Waals surface area contributed by atoms with Gasteiger partial charge < -0.3 is 4.74 Å². The van der Waals surface area contributed by atoms with Crippen LogP contribution in [0, 0.1) is 17.3 Å². The van der Waals surface area contributed by atoms with Crippen molar-refractivity contribution in [2.24, 2.45) is 17.3 Å². The van der Waals surface area contributed by atoms with Gasteiger partial charge in [0.1, 0.15) is 9.84 Å². The van der Waals surface area contributed by atoms with Gasteiger partial charge >= 0.3 is 5.97 Å². The quantitative estimate of drug-likeness (QED) is 0.548. The SMILES string of the molecule is CC1(C)C2C(=O)OC(C(Br)Br)C21. The number of esters is 1. The van der Waals surface area contributed by atoms with Crippen molar-refractivity contribution in [1.82, 2.24) is 0 Å². The summed E-state index contributed by atoms with van der Waals surface area (Å²) in [6, 6.07) is 0. The second-order valence-corrected chi connectivity index (χ2v) is 7.26. The molecule has 0 aromatic carbocycles. The van der Waals surface area contributed by atoms with E-state index in [4.69, 9.17) is 4.74 Å². The molecule has 2 nitrogen and oxygen atoms in total. The van der Waals surface area contributed by atoms with E-state index in [9.17, 15) is 4.79 Å². The van der Waals surface area contributed by atoms with E-state index < -0.39 is 0 Å². The molecule has 0 bridgehead atoms. The standard InChI is InChI=1S/C8H10Br2O2/c1-8(2)3-4(8)7(11)12-5(3)6(9)10/h3-6H,1-2H3. The number of carbonyl (C=O) groups is 1. The zero-order valence-corrected chi connectivity index (χ0v) is 10.1. The Morgan fingerprint density at radius 1 is 1.50 bits per heavy atom. The molecule has 3 unspecified atom stereocenters. The predicted molar refractivity (Wildman–Crippen MR) is 52.3 cm³/mol. The third kappa shape index (κ3) is 1.00. The van der Waals surface area contributed by atoms with Gasteiger partial charge in [-0.25, -0.2) is 0 Å². The van der Waals surface area contributed by atoms with Gasteiger partial charge in [-0.15, -0.1) is 0 Å². The summed E-state index contributed by atoms with van der Waals surface area (Å²) in [6.07, 6.45) is 0.0116. The first-order valence-electron chi connectivity index (χ1n) is 3.95. The van der Waals surface area contributed by atoms with Crippen molar-refractivity contribution >= 4 is 37.8 Å². The van der Waals surface area contributed by atoms with E-state index in [0.29, 0.717) is 5.92 Å². The van der Waals surface area contributed by atoms with Gasteiger partial charge in [-0.3, -0.25) is 4.79 Å². The van der Waals surface area contributed by atoms with Crippen LogP contribution < -0.4 is 0 Å². The summed E-state index contributed by atoms with van der Waals surface area (Å²) in [4.78, 5) is 11.3. The smallest absolute Gasteiger partial charge is 0.310 e. The first kappa shape index (κ1) is 9.00. The summed E-state index contributed by atoms with van der Waals surface area (Å²) in [5.74, 6) is 0.507. The summed E-state index contributed by atoms with van der Waals surface area (Å²) < 4.78 is 5.28. The van der Waals surface area contributed by atoms with Gasteiger partial charge in [-0.1, -0.05) is 45.7 Å². The molecule has 3 atom stereocenters. The molecular formula is C8H10Br2O2. The molecule has 0 amide bonds. The molecule has 12 heavy (non-hydrogen) atoms. The van der Waals surface area contributed by atoms with Crippen molar-refractivity contribution in [3.8, 4) is 0 Å². The van der Waals surface area contributed by atoms with Gasteiger partial charge in [0.25, 0.3) is 0 Å². The lowest BCUT2D eigenvalue weighted by molar-refractivity contribution is -0.146. The molecule has 0 aromatic heterocycles. The van der Waals surface area contributed by atoms with Crippen LogP contribution in [0.25, 0.3) is 0 Å². The van der Waals surface area contributed by atoms with Crippen molar-refractivity contribution in [3.05, 3.63) is 0 Å². The van der Waals surface area contributed by atoms with Crippen LogP contribution in [0.4, 0.5) is 0 Å². The average molecular weight is 298 g/mol. The van der Waals surface area contributed by atoms with Gasteiger partial charge in [0, 0.05) is 5.92 Å². The topological polar surface area (TPSA) is 26.3 Å². The fraction of sp³-hybridized carbons (Fsp3) is 0.875. The van der Waals surface area contributed by atoms with Gasteiger partial charge in [0.2, 0.25) is 0 Å². The maximum atomic E-state index is 11.3. The highest BCUT2D eigenvalue weighted by Gasteiger charge is 2.71. The van der Waals surface area contributed by atoms with E-state index in [0.717, 1.165) is 0 Å². The first-order valence-corrected chi connectivity index (χ1v) is 5.78. The minimum atomic E-state index is -0.0288. The van der Waals surface area contributed by atoms with Gasteiger partial charge in [-0.2, -0.15) is 0 Å². The van der Waals surface area contributed by atoms with Crippen molar-refractivity contribution in [2.75, 3.05) is 0 Å². The van der Waals surface area contributed by atoms with Crippen LogP contribution in [0.1, 0.15) is 13.8 Å². The molecule has 2 rings (SSSR count). The summed E-state index contributed by atoms with van der Waals surface area (Å²) in [5.41, 5.74) is 0.153. The van der Waals surface area contributed by atoms with E-state index >= 15 is 0 Å². The molecule has 1 heterocycles. The number of hydrogen-bond acceptors (Lipinski definition) is 2. The minimum absolute atomic E-state index is 0.0116. The molecular weight excluding hydrogens is 288 g/mol. The molecule has 0 radical (unpaired) electrons. The molecule has 2 fully saturated rings. The molecule has 1 saturated heterocycles. The highest BCUT2D eigenvalue weighted by molar-refractivity contribution is 9.24. The molecule has 2 aliphatic rings. The van der Waals surface area contributed by atoms with Crippen LogP contribution in [0.2, 0.25) is 0 Å². The molecule has 0 spiro atoms. The lowest BCUT2D eigenvalue weighted by atomic mass is 10.1. The van der Waals surface area contributed by atoms with E-state index in [1.54, 1.807) is 0 Å². The van der Waals surface area contributed by atoms with Crippen LogP contribution >= 0.6 is 31.9 Å². The van der Waals surface area contributed by atoms with Crippen molar-refractivity contribution in [1.29, 1.82) is 0 Å². The fourth-order valence-corrected chi connectivity index (χ4v) is 3.10. The Labute approximate surface area is 88.3 Å². The Morgan fingerprint density at radius 2 is 2.08 bits per heavy atom. The van der Waals surface area contributed by atoms with Crippen LogP contribution in [-0.4, -0.2) is 15.8 Å². The second kappa shape index (κ2) is 2.47. The fourth-order valence-electron chi connectivity index (χ4n) is 2.23. The molecule has 1 aliphatic carbocycles. The Bertz CT molecular complexity index is 237. The number of fused-ring (bicyclic) bond motifs is 1. The van der Waals surface area contributed by atoms with E-state index in [1.165, 1.54) is 0 Å². The third-order valence-corrected chi connectivity index (χ3v) is 4.06. The van der Waals surface area contributed by atoms with Crippen LogP contribution in [-0.2, 0) is 9.53 Å². The number of ether oxygens (including phenoxy) is 1. The molecule has 1 saturated carbocycles.